The average molecular weight is 453 g/mol. The van der Waals surface area contributed by atoms with Crippen LogP contribution in [0.15, 0.2) is 52.1 Å². The first-order valence-corrected chi connectivity index (χ1v) is 8.70. The second-order valence-electron chi connectivity index (χ2n) is 6.35. The van der Waals surface area contributed by atoms with Crippen LogP contribution in [-0.2, 0) is 6.42 Å². The summed E-state index contributed by atoms with van der Waals surface area (Å²) in [6, 6.07) is 12.9. The number of nitrogens with one attached hydrogen (secondary N) is 2. The predicted molar refractivity (Wildman–Crippen MR) is 109 cm³/mol. The van der Waals surface area contributed by atoms with E-state index in [0.29, 0.717) is 12.6 Å². The highest BCUT2D eigenvalue weighted by atomic mass is 127. The number of nitrogens with zero attached hydrogens (tertiary/aromatic N) is 1. The van der Waals surface area contributed by atoms with Crippen LogP contribution in [0.2, 0.25) is 0 Å². The maximum absolute atomic E-state index is 5.75. The molecule has 1 aliphatic carbocycles. The fourth-order valence-corrected chi connectivity index (χ4v) is 2.94. The van der Waals surface area contributed by atoms with E-state index in [1.807, 2.05) is 24.3 Å². The second kappa shape index (κ2) is 8.60. The van der Waals surface area contributed by atoms with Crippen molar-refractivity contribution in [1.82, 2.24) is 10.6 Å². The Bertz CT molecular complexity index is 698. The summed E-state index contributed by atoms with van der Waals surface area (Å²) in [5, 5.41) is 7.11. The molecular formula is C19H24IN3O2. The van der Waals surface area contributed by atoms with E-state index in [2.05, 4.69) is 22.8 Å². The number of halogens is 1. The zero-order chi connectivity index (χ0) is 16.2. The largest absolute Gasteiger partial charge is 0.493 e. The molecule has 2 N–H and O–H groups in total. The van der Waals surface area contributed by atoms with E-state index in [9.17, 15) is 0 Å². The molecule has 1 aromatic heterocycles. The van der Waals surface area contributed by atoms with Gasteiger partial charge in [-0.1, -0.05) is 18.2 Å². The van der Waals surface area contributed by atoms with Gasteiger partial charge in [0.15, 0.2) is 5.96 Å². The van der Waals surface area contributed by atoms with Crippen LogP contribution in [0, 0.1) is 0 Å². The van der Waals surface area contributed by atoms with Crippen molar-refractivity contribution < 1.29 is 9.15 Å². The molecule has 1 aliphatic heterocycles. The Morgan fingerprint density at radius 2 is 1.96 bits per heavy atom. The normalized spacial score (nSPS) is 19.4. The molecule has 134 valence electrons. The molecule has 0 bridgehead atoms. The van der Waals surface area contributed by atoms with Gasteiger partial charge in [0.05, 0.1) is 18.9 Å². The van der Waals surface area contributed by atoms with Gasteiger partial charge < -0.3 is 19.8 Å². The van der Waals surface area contributed by atoms with Crippen molar-refractivity contribution in [2.24, 2.45) is 4.99 Å². The number of ether oxygens (including phenoxy) is 1. The van der Waals surface area contributed by atoms with Crippen LogP contribution in [0.4, 0.5) is 0 Å². The maximum atomic E-state index is 5.75. The van der Waals surface area contributed by atoms with Crippen LogP contribution in [0.3, 0.4) is 0 Å². The number of para-hydroxylation sites is 1. The highest BCUT2D eigenvalue weighted by Crippen LogP contribution is 2.31. The van der Waals surface area contributed by atoms with E-state index in [-0.39, 0.29) is 30.0 Å². The average Bonchev–Trinajstić information content (AvgIpc) is 3.27. The molecule has 0 radical (unpaired) electrons. The first-order chi connectivity index (χ1) is 11.9. The molecular weight excluding hydrogens is 429 g/mol. The molecule has 1 atom stereocenters. The van der Waals surface area contributed by atoms with Gasteiger partial charge in [-0.3, -0.25) is 4.99 Å². The topological polar surface area (TPSA) is 58.8 Å². The van der Waals surface area contributed by atoms with E-state index in [1.54, 1.807) is 6.26 Å². The van der Waals surface area contributed by atoms with Gasteiger partial charge in [0.25, 0.3) is 0 Å². The first kappa shape index (κ1) is 18.1. The number of fused-ring (bicyclic) bond motifs is 1. The highest BCUT2D eigenvalue weighted by molar-refractivity contribution is 14.0. The Morgan fingerprint density at radius 1 is 1.08 bits per heavy atom. The summed E-state index contributed by atoms with van der Waals surface area (Å²) in [6.45, 7) is 1.44. The van der Waals surface area contributed by atoms with Gasteiger partial charge in [0.2, 0.25) is 0 Å². The lowest BCUT2D eigenvalue weighted by Gasteiger charge is -2.28. The van der Waals surface area contributed by atoms with Crippen LogP contribution in [0.5, 0.6) is 5.75 Å². The molecule has 6 heteroatoms. The van der Waals surface area contributed by atoms with Crippen LogP contribution in [0.1, 0.15) is 36.6 Å². The highest BCUT2D eigenvalue weighted by Gasteiger charge is 2.26. The molecule has 0 spiro atoms. The summed E-state index contributed by atoms with van der Waals surface area (Å²) >= 11 is 0. The molecule has 0 saturated heterocycles. The van der Waals surface area contributed by atoms with Gasteiger partial charge in [-0.25, -0.2) is 0 Å². The van der Waals surface area contributed by atoms with E-state index < -0.39 is 0 Å². The van der Waals surface area contributed by atoms with Crippen molar-refractivity contribution in [3.05, 3.63) is 54.0 Å². The molecule has 1 aromatic carbocycles. The fourth-order valence-electron chi connectivity index (χ4n) is 2.94. The molecule has 5 nitrogen and oxygen atoms in total. The zero-order valence-electron chi connectivity index (χ0n) is 14.1. The van der Waals surface area contributed by atoms with Crippen molar-refractivity contribution in [3.8, 4) is 5.75 Å². The smallest absolute Gasteiger partial charge is 0.191 e. The minimum absolute atomic E-state index is 0. The molecule has 25 heavy (non-hydrogen) atoms. The Labute approximate surface area is 165 Å². The predicted octanol–water partition coefficient (Wildman–Crippen LogP) is 3.66. The molecule has 1 fully saturated rings. The van der Waals surface area contributed by atoms with Crippen molar-refractivity contribution in [2.75, 3.05) is 13.2 Å². The first-order valence-electron chi connectivity index (χ1n) is 8.70. The van der Waals surface area contributed by atoms with E-state index in [1.165, 1.54) is 18.4 Å². The lowest BCUT2D eigenvalue weighted by Crippen LogP contribution is -2.42. The SMILES string of the molecule is I.c1coc(CCN=C(NC2CC2)NC2CCOc3ccccc32)c1. The summed E-state index contributed by atoms with van der Waals surface area (Å²) in [5.74, 6) is 2.84. The van der Waals surface area contributed by atoms with Gasteiger partial charge >= 0.3 is 0 Å². The van der Waals surface area contributed by atoms with Crippen molar-refractivity contribution >= 4 is 29.9 Å². The van der Waals surface area contributed by atoms with Gasteiger partial charge in [-0.05, 0) is 31.0 Å². The minimum Gasteiger partial charge on any atom is -0.493 e. The third-order valence-electron chi connectivity index (χ3n) is 4.40. The lowest BCUT2D eigenvalue weighted by atomic mass is 10.0. The van der Waals surface area contributed by atoms with Gasteiger partial charge in [-0.2, -0.15) is 0 Å². The Hall–Kier alpha value is -1.70. The van der Waals surface area contributed by atoms with E-state index >= 15 is 0 Å². The number of aliphatic imine (C=N–C) groups is 1. The van der Waals surface area contributed by atoms with Crippen LogP contribution < -0.4 is 15.4 Å². The van der Waals surface area contributed by atoms with E-state index in [0.717, 1.165) is 36.9 Å². The maximum Gasteiger partial charge on any atom is 0.191 e. The number of benzene rings is 1. The molecule has 2 heterocycles. The summed E-state index contributed by atoms with van der Waals surface area (Å²) in [6.07, 6.45) is 5.92. The van der Waals surface area contributed by atoms with Gasteiger partial charge in [-0.15, -0.1) is 24.0 Å². The van der Waals surface area contributed by atoms with Crippen molar-refractivity contribution in [3.63, 3.8) is 0 Å². The number of guanidine groups is 1. The molecule has 1 saturated carbocycles. The van der Waals surface area contributed by atoms with Crippen molar-refractivity contribution in [1.29, 1.82) is 0 Å². The summed E-state index contributed by atoms with van der Waals surface area (Å²) in [4.78, 5) is 4.74. The zero-order valence-corrected chi connectivity index (χ0v) is 16.4. The molecule has 4 rings (SSSR count). The van der Waals surface area contributed by atoms with Crippen LogP contribution >= 0.6 is 24.0 Å². The number of furan rings is 1. The van der Waals surface area contributed by atoms with Gasteiger partial charge in [0.1, 0.15) is 11.5 Å². The lowest BCUT2D eigenvalue weighted by molar-refractivity contribution is 0.261. The summed E-state index contributed by atoms with van der Waals surface area (Å²) in [5.41, 5.74) is 1.21. The molecule has 0 amide bonds. The minimum atomic E-state index is 0. The third-order valence-corrected chi connectivity index (χ3v) is 4.40. The van der Waals surface area contributed by atoms with Crippen molar-refractivity contribution in [2.45, 2.75) is 37.8 Å². The fraction of sp³-hybridized carbons (Fsp3) is 0.421. The molecule has 2 aromatic rings. The Kier molecular flexibility index (Phi) is 6.23. The quantitative estimate of drug-likeness (QED) is 0.412. The number of rotatable bonds is 5. The van der Waals surface area contributed by atoms with Crippen LogP contribution in [0.25, 0.3) is 0 Å². The summed E-state index contributed by atoms with van der Waals surface area (Å²) < 4.78 is 11.1. The summed E-state index contributed by atoms with van der Waals surface area (Å²) in [7, 11) is 0. The Balaban J connectivity index is 0.00000182. The van der Waals surface area contributed by atoms with E-state index in [4.69, 9.17) is 14.1 Å². The second-order valence-corrected chi connectivity index (χ2v) is 6.35. The monoisotopic (exact) mass is 453 g/mol. The molecule has 1 unspecified atom stereocenters. The molecule has 2 aliphatic rings. The third kappa shape index (κ3) is 4.90. The standard InChI is InChI=1S/C19H23N3O2.HI/c1-2-6-18-16(5-1)17(10-13-24-18)22-19(21-14-7-8-14)20-11-9-15-4-3-12-23-15;/h1-6,12,14,17H,7-11,13H2,(H2,20,21,22);1H. The number of hydrogen-bond donors (Lipinski definition) is 2. The van der Waals surface area contributed by atoms with Crippen LogP contribution in [-0.4, -0.2) is 25.2 Å². The van der Waals surface area contributed by atoms with Gasteiger partial charge in [0, 0.05) is 31.0 Å². The Morgan fingerprint density at radius 3 is 2.76 bits per heavy atom. The number of hydrogen-bond acceptors (Lipinski definition) is 3.